The zero-order valence-corrected chi connectivity index (χ0v) is 9.23. The highest BCUT2D eigenvalue weighted by Gasteiger charge is 2.27. The summed E-state index contributed by atoms with van der Waals surface area (Å²) in [5, 5.41) is 9.22. The van der Waals surface area contributed by atoms with Crippen molar-refractivity contribution in [3.8, 4) is 5.75 Å². The number of phenols is 1. The van der Waals surface area contributed by atoms with Crippen molar-refractivity contribution >= 4 is 0 Å². The van der Waals surface area contributed by atoms with Crippen LogP contribution in [0.4, 0.5) is 4.39 Å². The summed E-state index contributed by atoms with van der Waals surface area (Å²) >= 11 is 0. The summed E-state index contributed by atoms with van der Waals surface area (Å²) in [5.74, 6) is -0.370. The van der Waals surface area contributed by atoms with Gasteiger partial charge in [0.15, 0.2) is 0 Å². The molecule has 2 aromatic rings. The molecule has 0 saturated heterocycles. The fourth-order valence-corrected chi connectivity index (χ4v) is 2.51. The van der Waals surface area contributed by atoms with Gasteiger partial charge in [0.1, 0.15) is 11.6 Å². The first-order valence-corrected chi connectivity index (χ1v) is 5.68. The van der Waals surface area contributed by atoms with Crippen LogP contribution in [0.1, 0.15) is 29.2 Å². The summed E-state index contributed by atoms with van der Waals surface area (Å²) in [6.07, 6.45) is 3.57. The number of aromatic nitrogens is 1. The third-order valence-corrected chi connectivity index (χ3v) is 3.32. The molecule has 1 unspecified atom stereocenters. The van der Waals surface area contributed by atoms with Crippen molar-refractivity contribution in [1.29, 1.82) is 0 Å². The molecule has 1 atom stereocenters. The molecule has 0 fully saturated rings. The van der Waals surface area contributed by atoms with Gasteiger partial charge >= 0.3 is 0 Å². The van der Waals surface area contributed by atoms with Gasteiger partial charge in [-0.1, -0.05) is 12.1 Å². The van der Waals surface area contributed by atoms with E-state index in [2.05, 4.69) is 4.98 Å². The van der Waals surface area contributed by atoms with Gasteiger partial charge in [0, 0.05) is 18.2 Å². The average molecular weight is 229 g/mol. The first kappa shape index (κ1) is 10.3. The topological polar surface area (TPSA) is 33.1 Å². The highest BCUT2D eigenvalue weighted by Crippen LogP contribution is 2.38. The summed E-state index contributed by atoms with van der Waals surface area (Å²) in [4.78, 5) is 4.35. The van der Waals surface area contributed by atoms with Gasteiger partial charge in [-0.25, -0.2) is 4.39 Å². The SMILES string of the molecule is Oc1ccc(C2CCc3cccnc32)c(F)c1. The van der Waals surface area contributed by atoms with E-state index in [4.69, 9.17) is 0 Å². The van der Waals surface area contributed by atoms with Gasteiger partial charge in [-0.05, 0) is 36.1 Å². The van der Waals surface area contributed by atoms with Crippen LogP contribution in [0.5, 0.6) is 5.75 Å². The number of hydrogen-bond donors (Lipinski definition) is 1. The maximum absolute atomic E-state index is 13.8. The molecular weight excluding hydrogens is 217 g/mol. The summed E-state index contributed by atoms with van der Waals surface area (Å²) < 4.78 is 13.8. The van der Waals surface area contributed by atoms with Crippen LogP contribution in [-0.2, 0) is 6.42 Å². The van der Waals surface area contributed by atoms with Crippen molar-refractivity contribution in [2.75, 3.05) is 0 Å². The van der Waals surface area contributed by atoms with Crippen molar-refractivity contribution < 1.29 is 9.50 Å². The Morgan fingerprint density at radius 2 is 2.18 bits per heavy atom. The van der Waals surface area contributed by atoms with Crippen LogP contribution in [0.2, 0.25) is 0 Å². The minimum absolute atomic E-state index is 0.0202. The van der Waals surface area contributed by atoms with Gasteiger partial charge < -0.3 is 5.11 Å². The molecule has 0 bridgehead atoms. The molecule has 0 aliphatic heterocycles. The first-order valence-electron chi connectivity index (χ1n) is 5.68. The van der Waals surface area contributed by atoms with Crippen LogP contribution in [0.25, 0.3) is 0 Å². The van der Waals surface area contributed by atoms with Crippen LogP contribution in [0.15, 0.2) is 36.5 Å². The summed E-state index contributed by atoms with van der Waals surface area (Å²) in [7, 11) is 0. The van der Waals surface area contributed by atoms with E-state index in [1.807, 2.05) is 12.1 Å². The van der Waals surface area contributed by atoms with Crippen molar-refractivity contribution in [1.82, 2.24) is 4.98 Å². The largest absolute Gasteiger partial charge is 0.508 e. The molecule has 1 aromatic carbocycles. The fourth-order valence-electron chi connectivity index (χ4n) is 2.51. The number of aromatic hydroxyl groups is 1. The Morgan fingerprint density at radius 1 is 1.29 bits per heavy atom. The number of fused-ring (bicyclic) bond motifs is 1. The Hall–Kier alpha value is -1.90. The average Bonchev–Trinajstić information content (AvgIpc) is 2.73. The molecule has 1 aliphatic carbocycles. The first-order chi connectivity index (χ1) is 8.25. The molecule has 1 aliphatic rings. The standard InChI is InChI=1S/C14H12FNO/c15-13-8-10(17)4-6-11(13)12-5-3-9-2-1-7-16-14(9)12/h1-2,4,6-8,12,17H,3,5H2. The van der Waals surface area contributed by atoms with Crippen molar-refractivity contribution in [3.63, 3.8) is 0 Å². The molecule has 0 radical (unpaired) electrons. The molecule has 2 nitrogen and oxygen atoms in total. The lowest BCUT2D eigenvalue weighted by Crippen LogP contribution is -2.01. The normalized spacial score (nSPS) is 18.1. The quantitative estimate of drug-likeness (QED) is 0.815. The van der Waals surface area contributed by atoms with Gasteiger partial charge in [-0.2, -0.15) is 0 Å². The summed E-state index contributed by atoms with van der Waals surface area (Å²) in [6, 6.07) is 8.30. The van der Waals surface area contributed by atoms with E-state index in [1.54, 1.807) is 12.3 Å². The number of nitrogens with zero attached hydrogens (tertiary/aromatic N) is 1. The number of halogens is 1. The van der Waals surface area contributed by atoms with E-state index < -0.39 is 0 Å². The van der Waals surface area contributed by atoms with Gasteiger partial charge in [-0.15, -0.1) is 0 Å². The van der Waals surface area contributed by atoms with E-state index in [0.29, 0.717) is 5.56 Å². The van der Waals surface area contributed by atoms with Crippen LogP contribution in [0, 0.1) is 5.82 Å². The molecule has 1 heterocycles. The van der Waals surface area contributed by atoms with Gasteiger partial charge in [0.25, 0.3) is 0 Å². The Labute approximate surface area is 98.8 Å². The molecule has 0 saturated carbocycles. The zero-order chi connectivity index (χ0) is 11.8. The molecule has 3 heteroatoms. The Kier molecular flexibility index (Phi) is 2.32. The number of pyridine rings is 1. The predicted molar refractivity (Wildman–Crippen MR) is 62.5 cm³/mol. The Balaban J connectivity index is 2.07. The van der Waals surface area contributed by atoms with E-state index >= 15 is 0 Å². The third kappa shape index (κ3) is 1.68. The molecule has 1 N–H and O–H groups in total. The Morgan fingerprint density at radius 3 is 3.00 bits per heavy atom. The molecule has 3 rings (SSSR count). The third-order valence-electron chi connectivity index (χ3n) is 3.32. The molecule has 0 amide bonds. The number of benzene rings is 1. The van der Waals surface area contributed by atoms with E-state index in [1.165, 1.54) is 11.6 Å². The van der Waals surface area contributed by atoms with Crippen molar-refractivity contribution in [2.24, 2.45) is 0 Å². The maximum atomic E-state index is 13.8. The van der Waals surface area contributed by atoms with Crippen LogP contribution < -0.4 is 0 Å². The van der Waals surface area contributed by atoms with E-state index in [-0.39, 0.29) is 17.5 Å². The minimum Gasteiger partial charge on any atom is -0.508 e. The van der Waals surface area contributed by atoms with Gasteiger partial charge in [0.2, 0.25) is 0 Å². The van der Waals surface area contributed by atoms with E-state index in [9.17, 15) is 9.50 Å². The number of aryl methyl sites for hydroxylation is 1. The van der Waals surface area contributed by atoms with E-state index in [0.717, 1.165) is 24.6 Å². The lowest BCUT2D eigenvalue weighted by atomic mass is 9.96. The second kappa shape index (κ2) is 3.84. The van der Waals surface area contributed by atoms with Crippen LogP contribution in [0.3, 0.4) is 0 Å². The zero-order valence-electron chi connectivity index (χ0n) is 9.23. The molecular formula is C14H12FNO. The lowest BCUT2D eigenvalue weighted by molar-refractivity contribution is 0.467. The van der Waals surface area contributed by atoms with Crippen molar-refractivity contribution in [2.45, 2.75) is 18.8 Å². The van der Waals surface area contributed by atoms with Gasteiger partial charge in [-0.3, -0.25) is 4.98 Å². The minimum atomic E-state index is -0.353. The highest BCUT2D eigenvalue weighted by molar-refractivity contribution is 5.40. The monoisotopic (exact) mass is 229 g/mol. The summed E-state index contributed by atoms with van der Waals surface area (Å²) in [6.45, 7) is 0. The maximum Gasteiger partial charge on any atom is 0.130 e. The smallest absolute Gasteiger partial charge is 0.130 e. The second-order valence-electron chi connectivity index (χ2n) is 4.34. The Bertz CT molecular complexity index is 568. The molecule has 1 aromatic heterocycles. The number of hydrogen-bond acceptors (Lipinski definition) is 2. The highest BCUT2D eigenvalue weighted by atomic mass is 19.1. The molecule has 17 heavy (non-hydrogen) atoms. The van der Waals surface area contributed by atoms with Crippen molar-refractivity contribution in [3.05, 3.63) is 59.2 Å². The predicted octanol–water partition coefficient (Wildman–Crippen LogP) is 3.00. The van der Waals surface area contributed by atoms with Crippen LogP contribution >= 0.6 is 0 Å². The van der Waals surface area contributed by atoms with Gasteiger partial charge in [0.05, 0.1) is 5.69 Å². The lowest BCUT2D eigenvalue weighted by Gasteiger charge is -2.12. The molecule has 86 valence electrons. The fraction of sp³-hybridized carbons (Fsp3) is 0.214. The second-order valence-corrected chi connectivity index (χ2v) is 4.34. The number of rotatable bonds is 1. The molecule has 0 spiro atoms. The number of phenolic OH excluding ortho intramolecular Hbond substituents is 1. The van der Waals surface area contributed by atoms with Crippen LogP contribution in [-0.4, -0.2) is 10.1 Å². The summed E-state index contributed by atoms with van der Waals surface area (Å²) in [5.41, 5.74) is 2.79.